The third kappa shape index (κ3) is 3.40. The normalized spacial score (nSPS) is 14.2. The molecule has 0 aliphatic heterocycles. The van der Waals surface area contributed by atoms with Crippen LogP contribution in [0.2, 0.25) is 0 Å². The molecular weight excluding hydrogens is 242 g/mol. The Morgan fingerprint density at radius 1 is 1.31 bits per heavy atom. The van der Waals surface area contributed by atoms with Crippen molar-refractivity contribution in [2.45, 2.75) is 17.4 Å². The molecule has 1 aromatic rings. The number of aliphatic hydroxyl groups is 1. The Hall–Kier alpha value is -0.480. The molecule has 1 rings (SSSR count). The van der Waals surface area contributed by atoms with Gasteiger partial charge in [-0.2, -0.15) is 8.78 Å². The lowest BCUT2D eigenvalue weighted by Crippen LogP contribution is -2.28. The van der Waals surface area contributed by atoms with Crippen molar-refractivity contribution >= 4 is 15.9 Å². The number of hydrogen-bond acceptors (Lipinski definition) is 1. The Bertz CT molecular complexity index is 258. The van der Waals surface area contributed by atoms with Crippen molar-refractivity contribution in [1.82, 2.24) is 0 Å². The van der Waals surface area contributed by atoms with Crippen molar-refractivity contribution in [3.63, 3.8) is 0 Å². The topological polar surface area (TPSA) is 20.2 Å². The fourth-order valence-electron chi connectivity index (χ4n) is 0.953. The Morgan fingerprint density at radius 2 is 1.85 bits per heavy atom. The zero-order chi connectivity index (χ0) is 9.90. The van der Waals surface area contributed by atoms with E-state index in [0.717, 1.165) is 0 Å². The number of hydrogen-bond donors (Lipinski definition) is 1. The maximum Gasteiger partial charge on any atom is 0.326 e. The summed E-state index contributed by atoms with van der Waals surface area (Å²) in [4.78, 5) is -3.22. The van der Waals surface area contributed by atoms with Crippen molar-refractivity contribution in [3.8, 4) is 0 Å². The first-order valence-electron chi connectivity index (χ1n) is 3.79. The van der Waals surface area contributed by atoms with Crippen LogP contribution in [0.3, 0.4) is 0 Å². The first-order chi connectivity index (χ1) is 6.00. The summed E-state index contributed by atoms with van der Waals surface area (Å²) in [5, 5.41) is 9.04. The summed E-state index contributed by atoms with van der Waals surface area (Å²) < 4.78 is 24.9. The second-order valence-corrected chi connectivity index (χ2v) is 3.80. The Balaban J connectivity index is 2.61. The van der Waals surface area contributed by atoms with Gasteiger partial charge in [-0.25, -0.2) is 0 Å². The van der Waals surface area contributed by atoms with Crippen LogP contribution in [0.4, 0.5) is 8.78 Å². The largest absolute Gasteiger partial charge is 0.386 e. The lowest BCUT2D eigenvalue weighted by atomic mass is 10.1. The van der Waals surface area contributed by atoms with E-state index in [9.17, 15) is 8.78 Å². The van der Waals surface area contributed by atoms with Gasteiger partial charge in [-0.15, -0.1) is 0 Å². The summed E-state index contributed by atoms with van der Waals surface area (Å²) in [5.41, 5.74) is 0.689. The fourth-order valence-corrected chi connectivity index (χ4v) is 1.11. The van der Waals surface area contributed by atoms with Gasteiger partial charge in [0.25, 0.3) is 0 Å². The molecule has 4 heteroatoms. The second-order valence-electron chi connectivity index (χ2n) is 2.75. The second kappa shape index (κ2) is 4.15. The number of benzene rings is 1. The van der Waals surface area contributed by atoms with Crippen LogP contribution >= 0.6 is 15.9 Å². The maximum absolute atomic E-state index is 12.5. The Morgan fingerprint density at radius 3 is 2.31 bits per heavy atom. The van der Waals surface area contributed by atoms with Gasteiger partial charge < -0.3 is 5.11 Å². The molecule has 0 spiro atoms. The highest BCUT2D eigenvalue weighted by Crippen LogP contribution is 2.28. The first-order valence-corrected chi connectivity index (χ1v) is 4.58. The lowest BCUT2D eigenvalue weighted by molar-refractivity contribution is -0.0269. The summed E-state index contributed by atoms with van der Waals surface area (Å²) >= 11 is 2.12. The minimum atomic E-state index is -3.22. The molecule has 1 unspecified atom stereocenters. The molecular formula is C9H9BrF2O. The molecule has 0 aliphatic carbocycles. The first kappa shape index (κ1) is 10.6. The quantitative estimate of drug-likeness (QED) is 0.818. The molecule has 0 amide bonds. The van der Waals surface area contributed by atoms with Gasteiger partial charge in [0.05, 0.1) is 0 Å². The van der Waals surface area contributed by atoms with Crippen LogP contribution in [-0.4, -0.2) is 16.0 Å². The van der Waals surface area contributed by atoms with E-state index >= 15 is 0 Å². The molecule has 0 radical (unpaired) electrons. The average Bonchev–Trinajstić information content (AvgIpc) is 2.04. The van der Waals surface area contributed by atoms with E-state index in [0.29, 0.717) is 5.56 Å². The van der Waals surface area contributed by atoms with Crippen molar-refractivity contribution in [2.24, 2.45) is 0 Å². The monoisotopic (exact) mass is 250 g/mol. The van der Waals surface area contributed by atoms with Crippen LogP contribution in [0.25, 0.3) is 0 Å². The average molecular weight is 251 g/mol. The zero-order valence-corrected chi connectivity index (χ0v) is 8.34. The fraction of sp³-hybridized carbons (Fsp3) is 0.333. The van der Waals surface area contributed by atoms with Crippen LogP contribution in [0, 0.1) is 0 Å². The minimum absolute atomic E-state index is 0.0565. The zero-order valence-electron chi connectivity index (χ0n) is 6.75. The molecule has 13 heavy (non-hydrogen) atoms. The summed E-state index contributed by atoms with van der Waals surface area (Å²) in [6.07, 6.45) is -1.74. The smallest absolute Gasteiger partial charge is 0.326 e. The van der Waals surface area contributed by atoms with Gasteiger partial charge in [-0.1, -0.05) is 30.3 Å². The number of alkyl halides is 3. The van der Waals surface area contributed by atoms with E-state index in [-0.39, 0.29) is 6.42 Å². The minimum Gasteiger partial charge on any atom is -0.386 e. The molecule has 0 aliphatic rings. The summed E-state index contributed by atoms with van der Waals surface area (Å²) in [6, 6.07) is 8.68. The Labute approximate surface area is 83.5 Å². The standard InChI is InChI=1S/C9H9BrF2O/c10-9(11,12)8(13)6-7-4-2-1-3-5-7/h1-5,8,13H,6H2. The van der Waals surface area contributed by atoms with Gasteiger partial charge in [0.2, 0.25) is 0 Å². The van der Waals surface area contributed by atoms with Gasteiger partial charge in [-0.3, -0.25) is 0 Å². The number of rotatable bonds is 3. The summed E-state index contributed by atoms with van der Waals surface area (Å²) in [6.45, 7) is 0. The van der Waals surface area contributed by atoms with Gasteiger partial charge in [-0.05, 0) is 21.5 Å². The molecule has 1 N–H and O–H groups in total. The van der Waals surface area contributed by atoms with Crippen LogP contribution in [0.15, 0.2) is 30.3 Å². The van der Waals surface area contributed by atoms with Crippen molar-refractivity contribution in [3.05, 3.63) is 35.9 Å². The van der Waals surface area contributed by atoms with Crippen LogP contribution < -0.4 is 0 Å². The maximum atomic E-state index is 12.5. The number of aliphatic hydroxyl groups excluding tert-OH is 1. The van der Waals surface area contributed by atoms with Gasteiger partial charge in [0, 0.05) is 6.42 Å². The molecule has 0 saturated heterocycles. The highest BCUT2D eigenvalue weighted by atomic mass is 79.9. The van der Waals surface area contributed by atoms with E-state index < -0.39 is 10.9 Å². The molecule has 1 aromatic carbocycles. The molecule has 0 aromatic heterocycles. The van der Waals surface area contributed by atoms with Crippen molar-refractivity contribution in [1.29, 1.82) is 0 Å². The van der Waals surface area contributed by atoms with E-state index in [1.54, 1.807) is 30.3 Å². The molecule has 1 nitrogen and oxygen atoms in total. The lowest BCUT2D eigenvalue weighted by Gasteiger charge is -2.15. The van der Waals surface area contributed by atoms with Crippen molar-refractivity contribution < 1.29 is 13.9 Å². The SMILES string of the molecule is OC(Cc1ccccc1)C(F)(F)Br. The van der Waals surface area contributed by atoms with Crippen molar-refractivity contribution in [2.75, 3.05) is 0 Å². The third-order valence-corrected chi connectivity index (χ3v) is 2.18. The molecule has 0 saturated carbocycles. The molecule has 0 heterocycles. The third-order valence-electron chi connectivity index (χ3n) is 1.65. The van der Waals surface area contributed by atoms with Gasteiger partial charge in [0.1, 0.15) is 6.10 Å². The van der Waals surface area contributed by atoms with Gasteiger partial charge >= 0.3 is 4.83 Å². The molecule has 0 bridgehead atoms. The summed E-state index contributed by atoms with van der Waals surface area (Å²) in [5.74, 6) is 0. The van der Waals surface area contributed by atoms with E-state index in [2.05, 4.69) is 15.9 Å². The molecule has 0 fully saturated rings. The predicted molar refractivity (Wildman–Crippen MR) is 50.0 cm³/mol. The van der Waals surface area contributed by atoms with Crippen LogP contribution in [-0.2, 0) is 6.42 Å². The highest BCUT2D eigenvalue weighted by molar-refractivity contribution is 9.10. The number of halogens is 3. The van der Waals surface area contributed by atoms with Crippen LogP contribution in [0.5, 0.6) is 0 Å². The highest BCUT2D eigenvalue weighted by Gasteiger charge is 2.34. The van der Waals surface area contributed by atoms with E-state index in [1.165, 1.54) is 0 Å². The van der Waals surface area contributed by atoms with E-state index in [4.69, 9.17) is 5.11 Å². The molecule has 72 valence electrons. The van der Waals surface area contributed by atoms with Gasteiger partial charge in [0.15, 0.2) is 0 Å². The van der Waals surface area contributed by atoms with E-state index in [1.807, 2.05) is 0 Å². The Kier molecular flexibility index (Phi) is 3.39. The molecule has 1 atom stereocenters. The van der Waals surface area contributed by atoms with Crippen LogP contribution in [0.1, 0.15) is 5.56 Å². The predicted octanol–water partition coefficient (Wildman–Crippen LogP) is 2.58. The summed E-state index contributed by atoms with van der Waals surface area (Å²) in [7, 11) is 0.